The average molecular weight is 357 g/mol. The summed E-state index contributed by atoms with van der Waals surface area (Å²) < 4.78 is 21.7. The Morgan fingerprint density at radius 3 is 2.58 bits per heavy atom. The Hall–Kier alpha value is -2.14. The summed E-state index contributed by atoms with van der Waals surface area (Å²) in [5.74, 6) is 0.362. The van der Waals surface area contributed by atoms with E-state index in [0.29, 0.717) is 11.7 Å². The van der Waals surface area contributed by atoms with Crippen molar-refractivity contribution in [3.63, 3.8) is 0 Å². The van der Waals surface area contributed by atoms with E-state index in [4.69, 9.17) is 4.74 Å². The van der Waals surface area contributed by atoms with Crippen LogP contribution in [0.5, 0.6) is 5.75 Å². The first-order valence-corrected chi connectivity index (χ1v) is 9.38. The van der Waals surface area contributed by atoms with Crippen LogP contribution in [0, 0.1) is 12.9 Å². The molecule has 2 aromatic heterocycles. The Morgan fingerprint density at radius 2 is 1.92 bits per heavy atom. The van der Waals surface area contributed by atoms with E-state index in [-0.39, 0.29) is 6.04 Å². The molecule has 1 unspecified atom stereocenters. The van der Waals surface area contributed by atoms with Crippen LogP contribution in [0.15, 0.2) is 24.3 Å². The molecule has 0 aliphatic rings. The van der Waals surface area contributed by atoms with E-state index in [1.807, 2.05) is 25.1 Å². The van der Waals surface area contributed by atoms with Gasteiger partial charge in [0.25, 0.3) is 0 Å². The minimum absolute atomic E-state index is 0.202. The number of hydrogen-bond donors (Lipinski definition) is 1. The molecule has 0 saturated heterocycles. The Bertz CT molecular complexity index is 915. The summed E-state index contributed by atoms with van der Waals surface area (Å²) in [6.45, 7) is 9.32. The highest BCUT2D eigenvalue weighted by Crippen LogP contribution is 2.35. The van der Waals surface area contributed by atoms with Crippen LogP contribution < -0.4 is 10.1 Å². The number of pyridine rings is 1. The average Bonchev–Trinajstić information content (AvgIpc) is 2.96. The molecule has 3 rings (SSSR count). The molecule has 0 fully saturated rings. The van der Waals surface area contributed by atoms with Crippen molar-refractivity contribution in [1.82, 2.24) is 14.9 Å². The number of aromatic nitrogens is 2. The second kappa shape index (κ2) is 7.62. The summed E-state index contributed by atoms with van der Waals surface area (Å²) in [5, 5.41) is 5.58. The van der Waals surface area contributed by atoms with Gasteiger partial charge in [0, 0.05) is 41.5 Å². The Kier molecular flexibility index (Phi) is 5.47. The summed E-state index contributed by atoms with van der Waals surface area (Å²) in [7, 11) is 1.67. The van der Waals surface area contributed by atoms with Crippen LogP contribution in [-0.2, 0) is 0 Å². The molecule has 2 heterocycles. The van der Waals surface area contributed by atoms with Crippen LogP contribution in [0.2, 0.25) is 0 Å². The van der Waals surface area contributed by atoms with E-state index in [0.717, 1.165) is 46.9 Å². The number of benzene rings is 1. The molecule has 0 radical (unpaired) electrons. The van der Waals surface area contributed by atoms with Gasteiger partial charge < -0.3 is 14.6 Å². The zero-order valence-electron chi connectivity index (χ0n) is 16.3. The molecular formula is C21H28FN3O. The smallest absolute Gasteiger partial charge is 0.213 e. The lowest BCUT2D eigenvalue weighted by Gasteiger charge is -2.22. The first-order valence-electron chi connectivity index (χ1n) is 9.38. The van der Waals surface area contributed by atoms with Crippen molar-refractivity contribution in [1.29, 1.82) is 0 Å². The van der Waals surface area contributed by atoms with E-state index in [1.165, 1.54) is 6.07 Å². The van der Waals surface area contributed by atoms with Gasteiger partial charge in [-0.15, -0.1) is 0 Å². The SMILES string of the molecule is CCC(CC)NCC(C)n1c2cc(OC)ccc2c2cc(F)nc(C)c21. The van der Waals surface area contributed by atoms with Crippen molar-refractivity contribution in [3.8, 4) is 5.75 Å². The summed E-state index contributed by atoms with van der Waals surface area (Å²) in [6, 6.07) is 8.21. The fourth-order valence-electron chi connectivity index (χ4n) is 3.79. The molecule has 140 valence electrons. The quantitative estimate of drug-likeness (QED) is 0.606. The molecule has 1 atom stereocenters. The van der Waals surface area contributed by atoms with Crippen molar-refractivity contribution in [3.05, 3.63) is 35.9 Å². The van der Waals surface area contributed by atoms with Crippen molar-refractivity contribution >= 4 is 21.8 Å². The second-order valence-electron chi connectivity index (χ2n) is 6.95. The Morgan fingerprint density at radius 1 is 1.19 bits per heavy atom. The number of methoxy groups -OCH3 is 1. The lowest BCUT2D eigenvalue weighted by molar-refractivity contribution is 0.414. The van der Waals surface area contributed by atoms with Crippen molar-refractivity contribution in [2.45, 2.75) is 52.6 Å². The van der Waals surface area contributed by atoms with E-state index in [2.05, 4.69) is 35.6 Å². The lowest BCUT2D eigenvalue weighted by atomic mass is 10.1. The third-order valence-electron chi connectivity index (χ3n) is 5.26. The van der Waals surface area contributed by atoms with E-state index < -0.39 is 5.95 Å². The van der Waals surface area contributed by atoms with E-state index >= 15 is 0 Å². The molecule has 3 aromatic rings. The van der Waals surface area contributed by atoms with Gasteiger partial charge in [-0.25, -0.2) is 4.98 Å². The third-order valence-corrected chi connectivity index (χ3v) is 5.26. The van der Waals surface area contributed by atoms with Crippen LogP contribution >= 0.6 is 0 Å². The van der Waals surface area contributed by atoms with Crippen LogP contribution in [-0.4, -0.2) is 29.2 Å². The molecule has 0 aliphatic carbocycles. The van der Waals surface area contributed by atoms with Gasteiger partial charge in [0.1, 0.15) is 5.75 Å². The number of ether oxygens (including phenoxy) is 1. The molecule has 1 N–H and O–H groups in total. The molecule has 5 heteroatoms. The summed E-state index contributed by atoms with van der Waals surface area (Å²) >= 11 is 0. The molecule has 0 saturated carbocycles. The van der Waals surface area contributed by atoms with Crippen LogP contribution in [0.4, 0.5) is 4.39 Å². The zero-order chi connectivity index (χ0) is 18.8. The van der Waals surface area contributed by atoms with Gasteiger partial charge in [0.15, 0.2) is 0 Å². The monoisotopic (exact) mass is 357 g/mol. The van der Waals surface area contributed by atoms with Gasteiger partial charge in [0.05, 0.1) is 23.8 Å². The topological polar surface area (TPSA) is 39.1 Å². The highest BCUT2D eigenvalue weighted by molar-refractivity contribution is 6.09. The first kappa shape index (κ1) is 18.6. The van der Waals surface area contributed by atoms with Gasteiger partial charge in [-0.1, -0.05) is 13.8 Å². The Balaban J connectivity index is 2.17. The first-order chi connectivity index (χ1) is 12.5. The van der Waals surface area contributed by atoms with Gasteiger partial charge in [-0.05, 0) is 38.8 Å². The fourth-order valence-corrected chi connectivity index (χ4v) is 3.79. The standard InChI is InChI=1S/C21H28FN3O/c1-6-15(7-2)23-12-13(3)25-19-10-16(26-5)8-9-17(19)18-11-20(22)24-14(4)21(18)25/h8-11,13,15,23H,6-7,12H2,1-5H3. The van der Waals surface area contributed by atoms with Gasteiger partial charge in [0.2, 0.25) is 5.95 Å². The van der Waals surface area contributed by atoms with Crippen LogP contribution in [0.1, 0.15) is 45.3 Å². The highest BCUT2D eigenvalue weighted by atomic mass is 19.1. The number of nitrogens with zero attached hydrogens (tertiary/aromatic N) is 2. The van der Waals surface area contributed by atoms with E-state index in [1.54, 1.807) is 7.11 Å². The third kappa shape index (κ3) is 3.28. The summed E-state index contributed by atoms with van der Waals surface area (Å²) in [4.78, 5) is 4.07. The molecule has 26 heavy (non-hydrogen) atoms. The maximum Gasteiger partial charge on any atom is 0.213 e. The second-order valence-corrected chi connectivity index (χ2v) is 6.95. The molecular weight excluding hydrogens is 329 g/mol. The van der Waals surface area contributed by atoms with Crippen LogP contribution in [0.3, 0.4) is 0 Å². The van der Waals surface area contributed by atoms with Crippen molar-refractivity contribution in [2.24, 2.45) is 0 Å². The molecule has 0 amide bonds. The largest absolute Gasteiger partial charge is 0.497 e. The predicted octanol–water partition coefficient (Wildman–Crippen LogP) is 4.98. The van der Waals surface area contributed by atoms with Gasteiger partial charge in [-0.3, -0.25) is 0 Å². The van der Waals surface area contributed by atoms with Crippen LogP contribution in [0.25, 0.3) is 21.8 Å². The molecule has 1 aromatic carbocycles. The Labute approximate surface area is 154 Å². The summed E-state index contributed by atoms with van der Waals surface area (Å²) in [5.41, 5.74) is 2.76. The van der Waals surface area contributed by atoms with Crippen molar-refractivity contribution < 1.29 is 9.13 Å². The molecule has 4 nitrogen and oxygen atoms in total. The number of aryl methyl sites for hydroxylation is 1. The normalized spacial score (nSPS) is 13.0. The maximum absolute atomic E-state index is 14.0. The summed E-state index contributed by atoms with van der Waals surface area (Å²) in [6.07, 6.45) is 2.21. The zero-order valence-corrected chi connectivity index (χ0v) is 16.3. The lowest BCUT2D eigenvalue weighted by Crippen LogP contribution is -2.32. The van der Waals surface area contributed by atoms with Gasteiger partial charge in [-0.2, -0.15) is 4.39 Å². The van der Waals surface area contributed by atoms with Gasteiger partial charge >= 0.3 is 0 Å². The molecule has 0 spiro atoms. The highest BCUT2D eigenvalue weighted by Gasteiger charge is 2.19. The van der Waals surface area contributed by atoms with E-state index in [9.17, 15) is 4.39 Å². The molecule has 0 aliphatic heterocycles. The number of rotatable bonds is 7. The minimum Gasteiger partial charge on any atom is -0.497 e. The minimum atomic E-state index is -0.437. The number of halogens is 1. The molecule has 0 bridgehead atoms. The maximum atomic E-state index is 14.0. The number of nitrogens with one attached hydrogen (secondary N) is 1. The van der Waals surface area contributed by atoms with Crippen molar-refractivity contribution in [2.75, 3.05) is 13.7 Å². The fraction of sp³-hybridized carbons (Fsp3) is 0.476. The number of fused-ring (bicyclic) bond motifs is 3. The number of hydrogen-bond acceptors (Lipinski definition) is 3. The predicted molar refractivity (Wildman–Crippen MR) is 106 cm³/mol.